The molecule has 38 heavy (non-hydrogen) atoms. The molecule has 208 valence electrons. The van der Waals surface area contributed by atoms with Crippen molar-refractivity contribution in [2.24, 2.45) is 0 Å². The van der Waals surface area contributed by atoms with Gasteiger partial charge in [-0.3, -0.25) is 19.1 Å². The molecule has 0 unspecified atom stereocenters. The summed E-state index contributed by atoms with van der Waals surface area (Å²) in [5.41, 5.74) is 1.07. The second kappa shape index (κ2) is 12.1. The predicted molar refractivity (Wildman–Crippen MR) is 126 cm³/mol. The predicted octanol–water partition coefficient (Wildman–Crippen LogP) is 2.70. The van der Waals surface area contributed by atoms with Crippen LogP contribution in [-0.4, -0.2) is 65.2 Å². The number of halogens is 6. The van der Waals surface area contributed by atoms with Gasteiger partial charge >= 0.3 is 12.1 Å². The van der Waals surface area contributed by atoms with E-state index in [1.165, 1.54) is 16.1 Å². The first-order valence-electron chi connectivity index (χ1n) is 11.2. The first-order valence-corrected chi connectivity index (χ1v) is 12.0. The molecular weight excluding hydrogens is 589 g/mol. The molecule has 1 N–H and O–H groups in total. The molecule has 1 fully saturated rings. The number of alkyl halides is 3. The highest BCUT2D eigenvalue weighted by atomic mass is 79.9. The van der Waals surface area contributed by atoms with E-state index in [2.05, 4.69) is 25.8 Å². The number of hydroxylamine groups is 1. The largest absolute Gasteiger partial charge is 0.493 e. The molecule has 0 spiro atoms. The Balaban J connectivity index is 1.70. The number of carbonyl (C=O) groups excluding carboxylic acids is 2. The van der Waals surface area contributed by atoms with Gasteiger partial charge in [0.15, 0.2) is 0 Å². The van der Waals surface area contributed by atoms with Gasteiger partial charge in [0, 0.05) is 43.9 Å². The van der Waals surface area contributed by atoms with Crippen molar-refractivity contribution in [1.29, 1.82) is 0 Å². The van der Waals surface area contributed by atoms with Gasteiger partial charge in [0.25, 0.3) is 11.5 Å². The van der Waals surface area contributed by atoms with Gasteiger partial charge < -0.3 is 14.5 Å². The maximum Gasteiger partial charge on any atom is 0.493 e. The second-order valence-corrected chi connectivity index (χ2v) is 9.29. The lowest BCUT2D eigenvalue weighted by molar-refractivity contribution is -0.207. The highest BCUT2D eigenvalue weighted by molar-refractivity contribution is 9.10. The minimum Gasteiger partial charge on any atom is -0.472 e. The summed E-state index contributed by atoms with van der Waals surface area (Å²) in [6.07, 6.45) is -5.24. The van der Waals surface area contributed by atoms with Crippen LogP contribution < -0.4 is 20.7 Å². The summed E-state index contributed by atoms with van der Waals surface area (Å²) >= 11 is 3.18. The molecule has 2 heterocycles. The Kier molecular flexibility index (Phi) is 9.30. The van der Waals surface area contributed by atoms with Crippen molar-refractivity contribution in [1.82, 2.24) is 19.9 Å². The Morgan fingerprint density at radius 2 is 1.82 bits per heavy atom. The Hall–Kier alpha value is -3.27. The highest BCUT2D eigenvalue weighted by Crippen LogP contribution is 2.27. The minimum atomic E-state index is -5.24. The van der Waals surface area contributed by atoms with Crippen molar-refractivity contribution < 1.29 is 41.1 Å². The van der Waals surface area contributed by atoms with E-state index >= 15 is 0 Å². The van der Waals surface area contributed by atoms with E-state index in [-0.39, 0.29) is 67.2 Å². The van der Waals surface area contributed by atoms with Gasteiger partial charge in [-0.05, 0) is 41.9 Å². The molecule has 0 atom stereocenters. The number of hydrogen-bond acceptors (Lipinski definition) is 8. The van der Waals surface area contributed by atoms with Gasteiger partial charge in [0.2, 0.25) is 11.8 Å². The van der Waals surface area contributed by atoms with Crippen LogP contribution in [0.2, 0.25) is 0 Å². The van der Waals surface area contributed by atoms with E-state index in [1.54, 1.807) is 23.6 Å². The summed E-state index contributed by atoms with van der Waals surface area (Å²) in [6, 6.07) is 2.70. The molecule has 16 heteroatoms. The fraction of sp³-hybridized carbons (Fsp3) is 0.455. The van der Waals surface area contributed by atoms with Gasteiger partial charge in [-0.15, -0.1) is 0 Å². The summed E-state index contributed by atoms with van der Waals surface area (Å²) in [4.78, 5) is 47.2. The zero-order valence-corrected chi connectivity index (χ0v) is 21.7. The first-order chi connectivity index (χ1) is 17.8. The number of carbonyl (C=O) groups is 2. The Morgan fingerprint density at radius 1 is 1.16 bits per heavy atom. The van der Waals surface area contributed by atoms with Crippen LogP contribution in [0.1, 0.15) is 25.5 Å². The average Bonchev–Trinajstić information content (AvgIpc) is 2.83. The molecule has 1 aromatic carbocycles. The third kappa shape index (κ3) is 7.18. The topological polar surface area (TPSA) is 106 Å². The molecule has 2 aromatic rings. The van der Waals surface area contributed by atoms with Crippen LogP contribution in [0.4, 0.5) is 27.9 Å². The maximum atomic E-state index is 14.0. The van der Waals surface area contributed by atoms with Gasteiger partial charge in [0.1, 0.15) is 22.7 Å². The van der Waals surface area contributed by atoms with Crippen molar-refractivity contribution in [3.63, 3.8) is 0 Å². The fourth-order valence-electron chi connectivity index (χ4n) is 3.55. The average molecular weight is 612 g/mol. The number of ether oxygens (including phenoxy) is 1. The number of aromatic nitrogens is 2. The van der Waals surface area contributed by atoms with Crippen molar-refractivity contribution >= 4 is 33.8 Å². The van der Waals surface area contributed by atoms with Crippen LogP contribution in [-0.2, 0) is 21.0 Å². The lowest BCUT2D eigenvalue weighted by Crippen LogP contribution is -2.51. The molecule has 0 radical (unpaired) electrons. The summed E-state index contributed by atoms with van der Waals surface area (Å²) in [7, 11) is 0. The van der Waals surface area contributed by atoms with E-state index in [9.17, 15) is 36.3 Å². The SMILES string of the molecule is CC(C)n1c(N2CCN(CC(=O)NOC(=O)C(F)(F)F)CC2)nc(OCc2ccc(F)cc2F)c(Br)c1=O. The first kappa shape index (κ1) is 29.3. The summed E-state index contributed by atoms with van der Waals surface area (Å²) in [6.45, 7) is 3.99. The Morgan fingerprint density at radius 3 is 2.39 bits per heavy atom. The van der Waals surface area contributed by atoms with Gasteiger partial charge in [0.05, 0.1) is 6.54 Å². The second-order valence-electron chi connectivity index (χ2n) is 8.50. The van der Waals surface area contributed by atoms with Crippen LogP contribution in [0, 0.1) is 11.6 Å². The molecule has 10 nitrogen and oxygen atoms in total. The van der Waals surface area contributed by atoms with Crippen LogP contribution >= 0.6 is 15.9 Å². The lowest BCUT2D eigenvalue weighted by atomic mass is 10.2. The van der Waals surface area contributed by atoms with E-state index in [0.717, 1.165) is 6.07 Å². The molecule has 0 bridgehead atoms. The number of benzene rings is 1. The summed E-state index contributed by atoms with van der Waals surface area (Å²) in [5, 5.41) is 0. The molecule has 1 aromatic heterocycles. The maximum absolute atomic E-state index is 14.0. The quantitative estimate of drug-likeness (QED) is 0.376. The van der Waals surface area contributed by atoms with Crippen LogP contribution in [0.25, 0.3) is 0 Å². The number of piperazine rings is 1. The third-order valence-corrected chi connectivity index (χ3v) is 6.10. The van der Waals surface area contributed by atoms with E-state index in [1.807, 2.05) is 0 Å². The summed E-state index contributed by atoms with van der Waals surface area (Å²) in [5.74, 6) is -4.88. The van der Waals surface area contributed by atoms with Gasteiger partial charge in [-0.25, -0.2) is 13.6 Å². The lowest BCUT2D eigenvalue weighted by Gasteiger charge is -2.36. The standard InChI is InChI=1S/C22H23BrF5N5O5/c1-12(2)33-19(35)17(23)18(37-11-13-3-4-14(24)9-15(13)25)29-21(33)32-7-5-31(6-8-32)10-16(34)30-38-20(36)22(26,27)28/h3-4,9,12H,5-8,10-11H2,1-2H3,(H,30,34). The van der Waals surface area contributed by atoms with Crippen molar-refractivity contribution in [2.75, 3.05) is 37.6 Å². The van der Waals surface area contributed by atoms with Crippen LogP contribution in [0.3, 0.4) is 0 Å². The zero-order chi connectivity index (χ0) is 28.2. The van der Waals surface area contributed by atoms with Crippen molar-refractivity contribution in [3.8, 4) is 5.88 Å². The smallest absolute Gasteiger partial charge is 0.472 e. The van der Waals surface area contributed by atoms with Crippen molar-refractivity contribution in [3.05, 3.63) is 50.2 Å². The molecule has 1 aliphatic heterocycles. The molecule has 1 amide bonds. The number of amides is 1. The fourth-order valence-corrected chi connectivity index (χ4v) is 3.95. The van der Waals surface area contributed by atoms with E-state index < -0.39 is 35.2 Å². The molecular formula is C22H23BrF5N5O5. The van der Waals surface area contributed by atoms with E-state index in [4.69, 9.17) is 4.74 Å². The van der Waals surface area contributed by atoms with Crippen LogP contribution in [0.5, 0.6) is 5.88 Å². The Bertz CT molecular complexity index is 1250. The number of hydrogen-bond donors (Lipinski definition) is 1. The van der Waals surface area contributed by atoms with E-state index in [0.29, 0.717) is 6.07 Å². The van der Waals surface area contributed by atoms with Crippen LogP contribution in [0.15, 0.2) is 27.5 Å². The highest BCUT2D eigenvalue weighted by Gasteiger charge is 2.42. The zero-order valence-electron chi connectivity index (χ0n) is 20.1. The van der Waals surface area contributed by atoms with Gasteiger partial charge in [-0.1, -0.05) is 0 Å². The summed E-state index contributed by atoms with van der Waals surface area (Å²) < 4.78 is 70.8. The molecule has 0 saturated carbocycles. The molecule has 1 aliphatic rings. The van der Waals surface area contributed by atoms with Gasteiger partial charge in [-0.2, -0.15) is 23.6 Å². The molecule has 0 aliphatic carbocycles. The number of rotatable bonds is 7. The molecule has 3 rings (SSSR count). The third-order valence-electron chi connectivity index (χ3n) is 5.42. The molecule has 1 saturated heterocycles. The monoisotopic (exact) mass is 611 g/mol. The van der Waals surface area contributed by atoms with Crippen molar-refractivity contribution in [2.45, 2.75) is 32.7 Å². The number of nitrogens with one attached hydrogen (secondary N) is 1. The Labute approximate surface area is 221 Å². The minimum absolute atomic E-state index is 0.0150. The number of anilines is 1. The normalized spacial score (nSPS) is 14.5. The number of nitrogens with zero attached hydrogens (tertiary/aromatic N) is 4.